The lowest BCUT2D eigenvalue weighted by atomic mass is 9.78. The van der Waals surface area contributed by atoms with Crippen molar-refractivity contribution in [3.05, 3.63) is 0 Å². The summed E-state index contributed by atoms with van der Waals surface area (Å²) in [5, 5.41) is 29.9. The Morgan fingerprint density at radius 2 is 1.91 bits per heavy atom. The zero-order valence-corrected chi connectivity index (χ0v) is 19.0. The SMILES string of the molecule is CCN(C(=O)[C@@H](N)CNC(=O)[C@H](C)N)S(=O)(=O)N1C[C@H](CCCB(O)O)[C@](N)(C(=O)O)C1. The Morgan fingerprint density at radius 3 is 2.38 bits per heavy atom. The van der Waals surface area contributed by atoms with Gasteiger partial charge in [0.1, 0.15) is 11.6 Å². The number of nitrogens with two attached hydrogens (primary N) is 3. The Bertz CT molecular complexity index is 797. The first-order valence-corrected chi connectivity index (χ1v) is 11.6. The maximum Gasteiger partial charge on any atom is 0.451 e. The van der Waals surface area contributed by atoms with Gasteiger partial charge in [-0.2, -0.15) is 12.7 Å². The van der Waals surface area contributed by atoms with Crippen molar-refractivity contribution in [3.63, 3.8) is 0 Å². The topological polar surface area (TPSA) is 243 Å². The molecule has 0 aromatic carbocycles. The number of hydrogen-bond acceptors (Lipinski definition) is 10. The Hall–Kier alpha value is -1.82. The zero-order valence-electron chi connectivity index (χ0n) is 18.2. The van der Waals surface area contributed by atoms with E-state index in [4.69, 9.17) is 27.2 Å². The molecule has 0 bridgehead atoms. The molecule has 0 saturated carbocycles. The van der Waals surface area contributed by atoms with E-state index in [0.717, 1.165) is 4.31 Å². The van der Waals surface area contributed by atoms with Crippen LogP contribution in [0, 0.1) is 5.92 Å². The highest BCUT2D eigenvalue weighted by atomic mass is 32.2. The van der Waals surface area contributed by atoms with Gasteiger partial charge in [0, 0.05) is 32.1 Å². The van der Waals surface area contributed by atoms with Gasteiger partial charge in [-0.3, -0.25) is 14.4 Å². The van der Waals surface area contributed by atoms with Gasteiger partial charge in [-0.15, -0.1) is 0 Å². The van der Waals surface area contributed by atoms with Crippen molar-refractivity contribution < 1.29 is 38.0 Å². The molecular formula is C16H33BN6O8S. The van der Waals surface area contributed by atoms with Crippen LogP contribution in [-0.4, -0.2) is 101 Å². The van der Waals surface area contributed by atoms with Gasteiger partial charge in [0.15, 0.2) is 0 Å². The van der Waals surface area contributed by atoms with E-state index < -0.39 is 65.2 Å². The molecular weight excluding hydrogens is 447 g/mol. The summed E-state index contributed by atoms with van der Waals surface area (Å²) >= 11 is 0. The van der Waals surface area contributed by atoms with Crippen LogP contribution >= 0.6 is 0 Å². The lowest BCUT2D eigenvalue weighted by molar-refractivity contribution is -0.144. The highest BCUT2D eigenvalue weighted by Gasteiger charge is 2.53. The third-order valence-electron chi connectivity index (χ3n) is 5.37. The first-order valence-electron chi connectivity index (χ1n) is 10.2. The normalized spacial score (nSPS) is 23.4. The van der Waals surface area contributed by atoms with Crippen LogP contribution in [0.3, 0.4) is 0 Å². The van der Waals surface area contributed by atoms with Crippen LogP contribution < -0.4 is 22.5 Å². The molecule has 0 radical (unpaired) electrons. The monoisotopic (exact) mass is 480 g/mol. The van der Waals surface area contributed by atoms with E-state index >= 15 is 0 Å². The Morgan fingerprint density at radius 1 is 1.31 bits per heavy atom. The predicted molar refractivity (Wildman–Crippen MR) is 115 cm³/mol. The molecule has 16 heteroatoms. The van der Waals surface area contributed by atoms with Gasteiger partial charge in [0.2, 0.25) is 5.91 Å². The minimum absolute atomic E-state index is 0.0273. The Balaban J connectivity index is 3.01. The average molecular weight is 480 g/mol. The van der Waals surface area contributed by atoms with Crippen LogP contribution in [-0.2, 0) is 24.6 Å². The summed E-state index contributed by atoms with van der Waals surface area (Å²) in [5.74, 6) is -3.78. The maximum absolute atomic E-state index is 13.1. The van der Waals surface area contributed by atoms with Gasteiger partial charge < -0.3 is 37.7 Å². The van der Waals surface area contributed by atoms with Crippen LogP contribution in [0.1, 0.15) is 26.7 Å². The summed E-state index contributed by atoms with van der Waals surface area (Å²) in [5.41, 5.74) is 15.3. The summed E-state index contributed by atoms with van der Waals surface area (Å²) in [6, 6.07) is -2.22. The number of carbonyl (C=O) groups excluding carboxylic acids is 2. The molecule has 1 aliphatic rings. The molecule has 2 amide bonds. The summed E-state index contributed by atoms with van der Waals surface area (Å²) < 4.78 is 27.6. The number of carboxylic acids is 1. The molecule has 0 aromatic rings. The van der Waals surface area contributed by atoms with Crippen molar-refractivity contribution in [3.8, 4) is 0 Å². The van der Waals surface area contributed by atoms with Crippen LogP contribution in [0.15, 0.2) is 0 Å². The van der Waals surface area contributed by atoms with Crippen molar-refractivity contribution >= 4 is 35.1 Å². The van der Waals surface area contributed by atoms with Gasteiger partial charge in [0.25, 0.3) is 5.91 Å². The third-order valence-corrected chi connectivity index (χ3v) is 7.29. The standard InChI is InChI=1S/C16H33BN6O8S/c1-3-23(14(25)12(19)7-21-13(24)10(2)18)32(30,31)22-8-11(5-4-6-17(28)29)16(20,9-22)15(26)27/h10-12,28-29H,3-9,18-20H2,1-2H3,(H,21,24)(H,26,27)/t10-,11-,12-,16-/m0/s1. The molecule has 1 saturated heterocycles. The van der Waals surface area contributed by atoms with E-state index in [9.17, 15) is 27.9 Å². The van der Waals surface area contributed by atoms with Gasteiger partial charge in [-0.1, -0.05) is 6.42 Å². The number of nitrogens with zero attached hydrogens (tertiary/aromatic N) is 2. The predicted octanol–water partition coefficient (Wildman–Crippen LogP) is -4.16. The van der Waals surface area contributed by atoms with Gasteiger partial charge in [-0.25, -0.2) is 4.31 Å². The van der Waals surface area contributed by atoms with Crippen LogP contribution in [0.2, 0.25) is 6.32 Å². The maximum atomic E-state index is 13.1. The van der Waals surface area contributed by atoms with E-state index in [2.05, 4.69) is 5.32 Å². The minimum Gasteiger partial charge on any atom is -0.480 e. The van der Waals surface area contributed by atoms with Gasteiger partial charge in [-0.05, 0) is 26.6 Å². The van der Waals surface area contributed by atoms with Crippen molar-refractivity contribution in [2.75, 3.05) is 26.2 Å². The number of aliphatic carboxylic acids is 1. The molecule has 10 N–H and O–H groups in total. The molecule has 14 nitrogen and oxygen atoms in total. The molecule has 0 aromatic heterocycles. The molecule has 0 spiro atoms. The van der Waals surface area contributed by atoms with Gasteiger partial charge >= 0.3 is 23.3 Å². The van der Waals surface area contributed by atoms with Crippen LogP contribution in [0.25, 0.3) is 0 Å². The van der Waals surface area contributed by atoms with E-state index in [1.807, 2.05) is 0 Å². The van der Waals surface area contributed by atoms with E-state index in [1.54, 1.807) is 0 Å². The third kappa shape index (κ3) is 6.60. The number of carbonyl (C=O) groups is 3. The summed E-state index contributed by atoms with van der Waals surface area (Å²) in [6.45, 7) is 1.38. The smallest absolute Gasteiger partial charge is 0.451 e. The second-order valence-electron chi connectivity index (χ2n) is 7.90. The highest BCUT2D eigenvalue weighted by Crippen LogP contribution is 2.33. The lowest BCUT2D eigenvalue weighted by Crippen LogP contribution is -2.57. The number of amides is 2. The van der Waals surface area contributed by atoms with Crippen molar-refractivity contribution in [2.24, 2.45) is 23.1 Å². The first-order chi connectivity index (χ1) is 14.7. The van der Waals surface area contributed by atoms with E-state index in [-0.39, 0.29) is 38.8 Å². The summed E-state index contributed by atoms with van der Waals surface area (Å²) in [6.07, 6.45) is 0.318. The molecule has 4 atom stereocenters. The fourth-order valence-electron chi connectivity index (χ4n) is 3.42. The Labute approximate surface area is 187 Å². The van der Waals surface area contributed by atoms with Crippen LogP contribution in [0.4, 0.5) is 0 Å². The van der Waals surface area contributed by atoms with Crippen molar-refractivity contribution in [1.29, 1.82) is 0 Å². The number of hydrogen-bond donors (Lipinski definition) is 7. The molecule has 1 aliphatic heterocycles. The zero-order chi connectivity index (χ0) is 24.9. The molecule has 1 heterocycles. The average Bonchev–Trinajstić information content (AvgIpc) is 3.04. The number of rotatable bonds is 12. The van der Waals surface area contributed by atoms with Crippen molar-refractivity contribution in [1.82, 2.24) is 13.9 Å². The molecule has 1 fully saturated rings. The van der Waals surface area contributed by atoms with Crippen molar-refractivity contribution in [2.45, 2.75) is 50.6 Å². The van der Waals surface area contributed by atoms with Crippen LogP contribution in [0.5, 0.6) is 0 Å². The fraction of sp³-hybridized carbons (Fsp3) is 0.812. The largest absolute Gasteiger partial charge is 0.480 e. The minimum atomic E-state index is -4.47. The fourth-order valence-corrected chi connectivity index (χ4v) is 5.14. The summed E-state index contributed by atoms with van der Waals surface area (Å²) in [7, 11) is -6.05. The number of nitrogens with one attached hydrogen (secondary N) is 1. The quantitative estimate of drug-likeness (QED) is 0.132. The summed E-state index contributed by atoms with van der Waals surface area (Å²) in [4.78, 5) is 36.1. The Kier molecular flexibility index (Phi) is 10.0. The second-order valence-corrected chi connectivity index (χ2v) is 9.75. The van der Waals surface area contributed by atoms with E-state index in [1.165, 1.54) is 13.8 Å². The first kappa shape index (κ1) is 28.2. The molecule has 1 rings (SSSR count). The second kappa shape index (κ2) is 11.4. The molecule has 184 valence electrons. The lowest BCUT2D eigenvalue weighted by Gasteiger charge is -2.29. The molecule has 32 heavy (non-hydrogen) atoms. The number of carboxylic acid groups (broad SMARTS) is 1. The highest BCUT2D eigenvalue weighted by molar-refractivity contribution is 7.87. The molecule has 0 aliphatic carbocycles. The van der Waals surface area contributed by atoms with Gasteiger partial charge in [0.05, 0.1) is 6.04 Å². The number of likely N-dealkylation sites (N-methyl/N-ethyl adjacent to an activating group) is 1. The molecule has 0 unspecified atom stereocenters. The van der Waals surface area contributed by atoms with E-state index in [0.29, 0.717) is 4.31 Å².